The van der Waals surface area contributed by atoms with Crippen LogP contribution in [0.2, 0.25) is 0 Å². The number of aromatic nitrogens is 1. The maximum Gasteiger partial charge on any atom is 0.433 e. The molecule has 0 saturated carbocycles. The fraction of sp³-hybridized carbons (Fsp3) is 0.545. The Kier molecular flexibility index (Phi) is 3.38. The summed E-state index contributed by atoms with van der Waals surface area (Å²) in [5.74, 6) is 0. The second-order valence-corrected chi connectivity index (χ2v) is 4.48. The summed E-state index contributed by atoms with van der Waals surface area (Å²) in [5, 5.41) is 9.59. The Morgan fingerprint density at radius 2 is 2.00 bits per heavy atom. The van der Waals surface area contributed by atoms with Gasteiger partial charge >= 0.3 is 6.18 Å². The average Bonchev–Trinajstić information content (AvgIpc) is 2.72. The molecule has 1 aliphatic rings. The lowest BCUT2D eigenvalue weighted by Crippen LogP contribution is -2.40. The van der Waals surface area contributed by atoms with E-state index in [-0.39, 0.29) is 25.2 Å². The van der Waals surface area contributed by atoms with Crippen LogP contribution in [0, 0.1) is 0 Å². The van der Waals surface area contributed by atoms with Gasteiger partial charge < -0.3 is 10.0 Å². The molecule has 19 heavy (non-hydrogen) atoms. The molecule has 1 aliphatic heterocycles. The quantitative estimate of drug-likeness (QED) is 0.846. The monoisotopic (exact) mass is 282 g/mol. The van der Waals surface area contributed by atoms with Crippen molar-refractivity contribution < 1.29 is 27.1 Å². The third-order valence-corrected chi connectivity index (χ3v) is 3.09. The molecule has 0 aromatic carbocycles. The lowest BCUT2D eigenvalue weighted by Gasteiger charge is -2.23. The summed E-state index contributed by atoms with van der Waals surface area (Å²) in [5.41, 5.74) is -2.87. The van der Waals surface area contributed by atoms with Crippen molar-refractivity contribution in [3.8, 4) is 0 Å². The molecule has 1 unspecified atom stereocenters. The fourth-order valence-corrected chi connectivity index (χ4v) is 1.96. The summed E-state index contributed by atoms with van der Waals surface area (Å²) in [4.78, 5) is 4.64. The van der Waals surface area contributed by atoms with Crippen molar-refractivity contribution in [2.75, 3.05) is 18.0 Å². The molecule has 0 amide bonds. The molecule has 0 radical (unpaired) electrons. The second-order valence-electron chi connectivity index (χ2n) is 4.48. The summed E-state index contributed by atoms with van der Waals surface area (Å²) < 4.78 is 62.1. The van der Waals surface area contributed by atoms with Gasteiger partial charge in [-0.25, -0.2) is 13.8 Å². The first-order valence-corrected chi connectivity index (χ1v) is 5.51. The number of halogens is 5. The smallest absolute Gasteiger partial charge is 0.382 e. The van der Waals surface area contributed by atoms with Crippen molar-refractivity contribution in [2.45, 2.75) is 24.6 Å². The highest BCUT2D eigenvalue weighted by atomic mass is 19.4. The summed E-state index contributed by atoms with van der Waals surface area (Å²) in [6.07, 6.45) is -6.58. The molecule has 0 spiro atoms. The van der Waals surface area contributed by atoms with Gasteiger partial charge in [-0.3, -0.25) is 0 Å². The standard InChI is InChI=1S/C11H11F5N2O/c12-9(13)10(19)3-4-18(6-10)7-1-2-8(17-5-7)11(14,15)16/h1-2,5,9,19H,3-4,6H2. The van der Waals surface area contributed by atoms with E-state index >= 15 is 0 Å². The molecule has 1 aromatic rings. The van der Waals surface area contributed by atoms with E-state index in [1.165, 1.54) is 4.90 Å². The lowest BCUT2D eigenvalue weighted by atomic mass is 10.1. The molecule has 3 nitrogen and oxygen atoms in total. The minimum atomic E-state index is -4.53. The zero-order chi connectivity index (χ0) is 14.3. The van der Waals surface area contributed by atoms with Gasteiger partial charge in [0.05, 0.1) is 18.4 Å². The number of anilines is 1. The van der Waals surface area contributed by atoms with E-state index in [0.29, 0.717) is 0 Å². The van der Waals surface area contributed by atoms with Crippen LogP contribution in [0.25, 0.3) is 0 Å². The topological polar surface area (TPSA) is 36.4 Å². The van der Waals surface area contributed by atoms with E-state index in [1.54, 1.807) is 0 Å². The van der Waals surface area contributed by atoms with Crippen LogP contribution in [0.3, 0.4) is 0 Å². The third kappa shape index (κ3) is 2.78. The SMILES string of the molecule is OC1(C(F)F)CCN(c2ccc(C(F)(F)F)nc2)C1. The molecule has 8 heteroatoms. The van der Waals surface area contributed by atoms with Crippen molar-refractivity contribution >= 4 is 5.69 Å². The number of hydrogen-bond acceptors (Lipinski definition) is 3. The summed E-state index contributed by atoms with van der Waals surface area (Å²) in [7, 11) is 0. The molecule has 2 heterocycles. The first kappa shape index (κ1) is 14.0. The van der Waals surface area contributed by atoms with Crippen molar-refractivity contribution in [2.24, 2.45) is 0 Å². The third-order valence-electron chi connectivity index (χ3n) is 3.09. The highest BCUT2D eigenvalue weighted by Gasteiger charge is 2.44. The Bertz CT molecular complexity index is 447. The van der Waals surface area contributed by atoms with Crippen LogP contribution in [0.5, 0.6) is 0 Å². The van der Waals surface area contributed by atoms with Crippen LogP contribution in [0.4, 0.5) is 27.6 Å². The highest BCUT2D eigenvalue weighted by Crippen LogP contribution is 2.32. The van der Waals surface area contributed by atoms with Crippen molar-refractivity contribution in [1.29, 1.82) is 0 Å². The van der Waals surface area contributed by atoms with Crippen LogP contribution < -0.4 is 4.90 Å². The van der Waals surface area contributed by atoms with Gasteiger partial charge in [-0.05, 0) is 12.1 Å². The number of hydrogen-bond donors (Lipinski definition) is 1. The number of alkyl halides is 5. The van der Waals surface area contributed by atoms with Crippen LogP contribution in [0.15, 0.2) is 18.3 Å². The van der Waals surface area contributed by atoms with E-state index in [9.17, 15) is 27.1 Å². The average molecular weight is 282 g/mol. The van der Waals surface area contributed by atoms with Gasteiger partial charge in [-0.1, -0.05) is 0 Å². The zero-order valence-corrected chi connectivity index (χ0v) is 9.66. The molecule has 1 N–H and O–H groups in total. The van der Waals surface area contributed by atoms with E-state index in [0.717, 1.165) is 18.3 Å². The predicted octanol–water partition coefficient (Wildman–Crippen LogP) is 2.31. The largest absolute Gasteiger partial charge is 0.433 e. The number of β-amino-alcohol motifs (C(OH)–C–C–N with tert-alkyl or cyclic N) is 1. The maximum absolute atomic E-state index is 12.6. The predicted molar refractivity (Wildman–Crippen MR) is 57.0 cm³/mol. The zero-order valence-electron chi connectivity index (χ0n) is 9.66. The Morgan fingerprint density at radius 3 is 2.42 bits per heavy atom. The Morgan fingerprint density at radius 1 is 1.32 bits per heavy atom. The molecule has 0 bridgehead atoms. The summed E-state index contributed by atoms with van der Waals surface area (Å²) in [6.45, 7) is -0.175. The van der Waals surface area contributed by atoms with Gasteiger partial charge in [0.25, 0.3) is 6.43 Å². The maximum atomic E-state index is 12.6. The molecule has 2 rings (SSSR count). The minimum Gasteiger partial charge on any atom is -0.382 e. The minimum absolute atomic E-state index is 0.133. The summed E-state index contributed by atoms with van der Waals surface area (Å²) in [6, 6.07) is 1.95. The first-order valence-electron chi connectivity index (χ1n) is 5.51. The normalized spacial score (nSPS) is 24.3. The molecule has 1 atom stereocenters. The second kappa shape index (κ2) is 4.59. The molecule has 1 fully saturated rings. The van der Waals surface area contributed by atoms with Crippen molar-refractivity contribution in [3.05, 3.63) is 24.0 Å². The molecule has 106 valence electrons. The van der Waals surface area contributed by atoms with E-state index in [4.69, 9.17) is 0 Å². The molecular weight excluding hydrogens is 271 g/mol. The first-order chi connectivity index (χ1) is 8.72. The van der Waals surface area contributed by atoms with E-state index in [2.05, 4.69) is 4.98 Å². The van der Waals surface area contributed by atoms with Crippen LogP contribution >= 0.6 is 0 Å². The summed E-state index contributed by atoms with van der Waals surface area (Å²) >= 11 is 0. The Balaban J connectivity index is 2.13. The van der Waals surface area contributed by atoms with Gasteiger partial charge in [-0.2, -0.15) is 13.2 Å². The van der Waals surface area contributed by atoms with Crippen LogP contribution in [-0.4, -0.2) is 35.2 Å². The lowest BCUT2D eigenvalue weighted by molar-refractivity contribution is -0.141. The van der Waals surface area contributed by atoms with Gasteiger partial charge in [-0.15, -0.1) is 0 Å². The number of pyridine rings is 1. The van der Waals surface area contributed by atoms with E-state index in [1.807, 2.05) is 0 Å². The molecular formula is C11H11F5N2O. The van der Waals surface area contributed by atoms with Gasteiger partial charge in [0.2, 0.25) is 0 Å². The van der Waals surface area contributed by atoms with Gasteiger partial charge in [0.1, 0.15) is 11.3 Å². The van der Waals surface area contributed by atoms with Crippen molar-refractivity contribution in [1.82, 2.24) is 4.98 Å². The molecule has 1 saturated heterocycles. The fourth-order valence-electron chi connectivity index (χ4n) is 1.96. The van der Waals surface area contributed by atoms with Crippen LogP contribution in [0.1, 0.15) is 12.1 Å². The Labute approximate surface area is 105 Å². The number of nitrogens with zero attached hydrogens (tertiary/aromatic N) is 2. The number of aliphatic hydroxyl groups is 1. The van der Waals surface area contributed by atoms with Gasteiger partial charge in [0, 0.05) is 13.0 Å². The molecule has 0 aliphatic carbocycles. The Hall–Kier alpha value is -1.44. The molecule has 1 aromatic heterocycles. The van der Waals surface area contributed by atoms with Crippen LogP contribution in [-0.2, 0) is 6.18 Å². The highest BCUT2D eigenvalue weighted by molar-refractivity contribution is 5.46. The van der Waals surface area contributed by atoms with Crippen molar-refractivity contribution in [3.63, 3.8) is 0 Å². The van der Waals surface area contributed by atoms with E-state index < -0.39 is 23.9 Å². The number of rotatable bonds is 2. The van der Waals surface area contributed by atoms with Gasteiger partial charge in [0.15, 0.2) is 0 Å².